The molecule has 1 aromatic carbocycles. The van der Waals surface area contributed by atoms with E-state index in [4.69, 9.17) is 0 Å². The molecule has 0 amide bonds. The van der Waals surface area contributed by atoms with E-state index in [9.17, 15) is 4.39 Å². The summed E-state index contributed by atoms with van der Waals surface area (Å²) in [4.78, 5) is 4.87. The number of thioether (sulfide) groups is 1. The summed E-state index contributed by atoms with van der Waals surface area (Å²) in [5, 5.41) is 2.12. The molecule has 0 radical (unpaired) electrons. The van der Waals surface area contributed by atoms with Crippen LogP contribution in [0.3, 0.4) is 0 Å². The van der Waals surface area contributed by atoms with E-state index < -0.39 is 0 Å². The Hall–Kier alpha value is -0.840. The van der Waals surface area contributed by atoms with E-state index in [-0.39, 0.29) is 5.82 Å². The zero-order chi connectivity index (χ0) is 13.7. The third-order valence-electron chi connectivity index (χ3n) is 3.14. The number of rotatable bonds is 6. The lowest BCUT2D eigenvalue weighted by Gasteiger charge is -2.23. The van der Waals surface area contributed by atoms with Crippen LogP contribution in [0.2, 0.25) is 0 Å². The minimum atomic E-state index is -0.173. The Morgan fingerprint density at radius 3 is 2.63 bits per heavy atom. The molecule has 0 saturated carbocycles. The van der Waals surface area contributed by atoms with Crippen LogP contribution >= 0.6 is 23.1 Å². The summed E-state index contributed by atoms with van der Waals surface area (Å²) < 4.78 is 12.8. The van der Waals surface area contributed by atoms with Gasteiger partial charge in [0.25, 0.3) is 0 Å². The summed E-state index contributed by atoms with van der Waals surface area (Å²) >= 11 is 3.57. The van der Waals surface area contributed by atoms with Gasteiger partial charge < -0.3 is 0 Å². The van der Waals surface area contributed by atoms with Crippen LogP contribution in [0.5, 0.6) is 0 Å². The van der Waals surface area contributed by atoms with Crippen molar-refractivity contribution in [2.24, 2.45) is 0 Å². The molecule has 0 fully saturated rings. The summed E-state index contributed by atoms with van der Waals surface area (Å²) in [5.74, 6) is 0.838. The Kier molecular flexibility index (Phi) is 5.43. The first-order valence-electron chi connectivity index (χ1n) is 6.29. The number of halogens is 1. The van der Waals surface area contributed by atoms with Crippen molar-refractivity contribution < 1.29 is 4.39 Å². The zero-order valence-electron chi connectivity index (χ0n) is 11.2. The standard InChI is InChI=1S/C15H18FNS2/c1-12(15-4-3-10-19-15)17(2)9-11-18-14-7-5-13(16)6-8-14/h3-8,10,12H,9,11H2,1-2H3. The lowest BCUT2D eigenvalue weighted by Crippen LogP contribution is -2.24. The van der Waals surface area contributed by atoms with E-state index in [1.54, 1.807) is 23.1 Å². The molecule has 0 aliphatic rings. The van der Waals surface area contributed by atoms with Crippen LogP contribution in [0.25, 0.3) is 0 Å². The molecule has 1 atom stereocenters. The average Bonchev–Trinajstić information content (AvgIpc) is 2.94. The van der Waals surface area contributed by atoms with Gasteiger partial charge in [0.2, 0.25) is 0 Å². The molecule has 2 rings (SSSR count). The van der Waals surface area contributed by atoms with Gasteiger partial charge in [-0.2, -0.15) is 0 Å². The van der Waals surface area contributed by atoms with Gasteiger partial charge in [-0.3, -0.25) is 4.90 Å². The van der Waals surface area contributed by atoms with Crippen LogP contribution < -0.4 is 0 Å². The molecule has 19 heavy (non-hydrogen) atoms. The van der Waals surface area contributed by atoms with Gasteiger partial charge in [-0.25, -0.2) is 4.39 Å². The van der Waals surface area contributed by atoms with Crippen molar-refractivity contribution in [3.8, 4) is 0 Å². The molecule has 0 saturated heterocycles. The van der Waals surface area contributed by atoms with Crippen molar-refractivity contribution in [1.82, 2.24) is 4.90 Å². The van der Waals surface area contributed by atoms with Gasteiger partial charge in [-0.05, 0) is 49.7 Å². The molecule has 0 aliphatic carbocycles. The van der Waals surface area contributed by atoms with Crippen LogP contribution in [-0.4, -0.2) is 24.2 Å². The molecular weight excluding hydrogens is 277 g/mol. The highest BCUT2D eigenvalue weighted by Gasteiger charge is 2.11. The number of hydrogen-bond acceptors (Lipinski definition) is 3. The fourth-order valence-corrected chi connectivity index (χ4v) is 3.57. The van der Waals surface area contributed by atoms with E-state index in [0.717, 1.165) is 17.2 Å². The maximum absolute atomic E-state index is 12.8. The molecule has 2 aromatic rings. The van der Waals surface area contributed by atoms with E-state index >= 15 is 0 Å². The van der Waals surface area contributed by atoms with Crippen LogP contribution in [0.4, 0.5) is 4.39 Å². The molecule has 1 aromatic heterocycles. The van der Waals surface area contributed by atoms with E-state index in [0.29, 0.717) is 6.04 Å². The summed E-state index contributed by atoms with van der Waals surface area (Å²) in [5.41, 5.74) is 0. The SMILES string of the molecule is CC(c1cccs1)N(C)CCSc1ccc(F)cc1. The highest BCUT2D eigenvalue weighted by molar-refractivity contribution is 7.99. The first-order valence-corrected chi connectivity index (χ1v) is 8.15. The predicted octanol–water partition coefficient (Wildman–Crippen LogP) is 4.67. The molecule has 0 bridgehead atoms. The third kappa shape index (κ3) is 4.34. The normalized spacial score (nSPS) is 12.8. The Balaban J connectivity index is 1.77. The molecule has 0 N–H and O–H groups in total. The molecule has 102 valence electrons. The van der Waals surface area contributed by atoms with Crippen molar-refractivity contribution >= 4 is 23.1 Å². The predicted molar refractivity (Wildman–Crippen MR) is 82.5 cm³/mol. The van der Waals surface area contributed by atoms with Crippen LogP contribution in [0.15, 0.2) is 46.7 Å². The zero-order valence-corrected chi connectivity index (χ0v) is 12.8. The Morgan fingerprint density at radius 2 is 2.00 bits per heavy atom. The van der Waals surface area contributed by atoms with Gasteiger partial charge in [0.05, 0.1) is 0 Å². The molecule has 4 heteroatoms. The third-order valence-corrected chi connectivity index (χ3v) is 5.18. The monoisotopic (exact) mass is 295 g/mol. The molecule has 0 aliphatic heterocycles. The molecule has 1 heterocycles. The van der Waals surface area contributed by atoms with Crippen LogP contribution in [0.1, 0.15) is 17.8 Å². The topological polar surface area (TPSA) is 3.24 Å². The highest BCUT2D eigenvalue weighted by Crippen LogP contribution is 2.24. The molecular formula is C15H18FNS2. The van der Waals surface area contributed by atoms with Crippen LogP contribution in [-0.2, 0) is 0 Å². The lowest BCUT2D eigenvalue weighted by molar-refractivity contribution is 0.282. The van der Waals surface area contributed by atoms with Gasteiger partial charge in [0.1, 0.15) is 5.82 Å². The minimum Gasteiger partial charge on any atom is -0.298 e. The molecule has 0 spiro atoms. The smallest absolute Gasteiger partial charge is 0.123 e. The van der Waals surface area contributed by atoms with E-state index in [1.807, 2.05) is 12.1 Å². The second-order valence-electron chi connectivity index (χ2n) is 4.47. The van der Waals surface area contributed by atoms with Crippen molar-refractivity contribution in [3.05, 3.63) is 52.5 Å². The fraction of sp³-hybridized carbons (Fsp3) is 0.333. The van der Waals surface area contributed by atoms with Crippen LogP contribution in [0, 0.1) is 5.82 Å². The first-order chi connectivity index (χ1) is 9.16. The molecule has 1 nitrogen and oxygen atoms in total. The van der Waals surface area contributed by atoms with Crippen molar-refractivity contribution in [2.45, 2.75) is 17.9 Å². The Morgan fingerprint density at radius 1 is 1.26 bits per heavy atom. The maximum atomic E-state index is 12.8. The fourth-order valence-electron chi connectivity index (χ4n) is 1.78. The van der Waals surface area contributed by atoms with Crippen molar-refractivity contribution in [2.75, 3.05) is 19.3 Å². The lowest BCUT2D eigenvalue weighted by atomic mass is 10.2. The largest absolute Gasteiger partial charge is 0.298 e. The second-order valence-corrected chi connectivity index (χ2v) is 6.62. The quantitative estimate of drug-likeness (QED) is 0.712. The number of benzene rings is 1. The highest BCUT2D eigenvalue weighted by atomic mass is 32.2. The van der Waals surface area contributed by atoms with Crippen molar-refractivity contribution in [3.63, 3.8) is 0 Å². The summed E-state index contributed by atoms with van der Waals surface area (Å²) in [6.45, 7) is 3.25. The van der Waals surface area contributed by atoms with Gasteiger partial charge in [0.15, 0.2) is 0 Å². The number of nitrogens with zero attached hydrogens (tertiary/aromatic N) is 1. The molecule has 1 unspecified atom stereocenters. The van der Waals surface area contributed by atoms with Gasteiger partial charge in [0, 0.05) is 28.1 Å². The summed E-state index contributed by atoms with van der Waals surface area (Å²) in [6, 6.07) is 11.4. The average molecular weight is 295 g/mol. The first kappa shape index (κ1) is 14.6. The summed E-state index contributed by atoms with van der Waals surface area (Å²) in [6.07, 6.45) is 0. The van der Waals surface area contributed by atoms with E-state index in [1.165, 1.54) is 17.0 Å². The number of hydrogen-bond donors (Lipinski definition) is 0. The minimum absolute atomic E-state index is 0.173. The maximum Gasteiger partial charge on any atom is 0.123 e. The van der Waals surface area contributed by atoms with Gasteiger partial charge >= 0.3 is 0 Å². The number of thiophene rings is 1. The summed E-state index contributed by atoms with van der Waals surface area (Å²) in [7, 11) is 2.15. The van der Waals surface area contributed by atoms with Crippen molar-refractivity contribution in [1.29, 1.82) is 0 Å². The second kappa shape index (κ2) is 7.08. The van der Waals surface area contributed by atoms with Gasteiger partial charge in [-0.1, -0.05) is 6.07 Å². The van der Waals surface area contributed by atoms with E-state index in [2.05, 4.69) is 36.4 Å². The Labute approximate surface area is 122 Å². The van der Waals surface area contributed by atoms with Gasteiger partial charge in [-0.15, -0.1) is 23.1 Å². The Bertz CT molecular complexity index is 481.